The molecule has 2 atom stereocenters. The Balaban J connectivity index is 1.89. The van der Waals surface area contributed by atoms with Crippen LogP contribution in [0.15, 0.2) is 53.1 Å². The zero-order valence-electron chi connectivity index (χ0n) is 15.9. The third kappa shape index (κ3) is 5.22. The molecule has 1 amide bonds. The van der Waals surface area contributed by atoms with E-state index in [1.54, 1.807) is 6.26 Å². The molecule has 1 N–H and O–H groups in total. The number of carbonyl (C=O) groups excluding carboxylic acids is 1. The van der Waals surface area contributed by atoms with Crippen molar-refractivity contribution < 1.29 is 9.21 Å². The molecule has 0 aliphatic rings. The minimum absolute atomic E-state index is 0.0903. The quantitative estimate of drug-likeness (QED) is 0.674. The first-order valence-electron chi connectivity index (χ1n) is 9.32. The lowest BCUT2D eigenvalue weighted by molar-refractivity contribution is -0.121. The summed E-state index contributed by atoms with van der Waals surface area (Å²) in [6.07, 6.45) is 4.13. The summed E-state index contributed by atoms with van der Waals surface area (Å²) in [5.74, 6) is 1.48. The molecule has 1 heterocycles. The minimum atomic E-state index is 0.0903. The Hall–Kier alpha value is -2.03. The first-order chi connectivity index (χ1) is 12.0. The van der Waals surface area contributed by atoms with E-state index in [2.05, 4.69) is 57.3 Å². The molecule has 3 nitrogen and oxygen atoms in total. The van der Waals surface area contributed by atoms with Crippen LogP contribution in [0.5, 0.6) is 0 Å². The highest BCUT2D eigenvalue weighted by molar-refractivity contribution is 5.76. The Labute approximate surface area is 151 Å². The van der Waals surface area contributed by atoms with Gasteiger partial charge in [0.25, 0.3) is 0 Å². The average molecular weight is 341 g/mol. The summed E-state index contributed by atoms with van der Waals surface area (Å²) in [5.41, 5.74) is 1.43. The fraction of sp³-hybridized carbons (Fsp3) is 0.500. The number of amides is 1. The van der Waals surface area contributed by atoms with Gasteiger partial charge in [0.1, 0.15) is 5.76 Å². The topological polar surface area (TPSA) is 42.2 Å². The summed E-state index contributed by atoms with van der Waals surface area (Å²) in [6.45, 7) is 9.43. The second kappa shape index (κ2) is 8.89. The monoisotopic (exact) mass is 341 g/mol. The summed E-state index contributed by atoms with van der Waals surface area (Å²) in [6, 6.07) is 14.4. The molecule has 1 aromatic carbocycles. The molecule has 25 heavy (non-hydrogen) atoms. The highest BCUT2D eigenvalue weighted by Gasteiger charge is 2.25. The van der Waals surface area contributed by atoms with E-state index in [1.807, 2.05) is 18.2 Å². The molecule has 2 aromatic rings. The summed E-state index contributed by atoms with van der Waals surface area (Å²) in [5, 5.41) is 3.11. The standard InChI is InChI=1S/C22H31NO2/c1-5-22(4,18-10-7-6-8-11-18)13-14-23-21(24)16-19(17(2)3)20-12-9-15-25-20/h6-12,15,17,19H,5,13-14,16H2,1-4H3,(H,23,24)/t19-,22-/m0/s1. The Morgan fingerprint density at radius 2 is 1.88 bits per heavy atom. The van der Waals surface area contributed by atoms with Crippen LogP contribution in [0.2, 0.25) is 0 Å². The van der Waals surface area contributed by atoms with Gasteiger partial charge in [-0.05, 0) is 41.9 Å². The van der Waals surface area contributed by atoms with E-state index in [0.717, 1.165) is 18.6 Å². The van der Waals surface area contributed by atoms with Crippen molar-refractivity contribution in [2.45, 2.75) is 58.3 Å². The van der Waals surface area contributed by atoms with E-state index in [9.17, 15) is 4.79 Å². The van der Waals surface area contributed by atoms with E-state index in [-0.39, 0.29) is 17.2 Å². The second-order valence-electron chi connectivity index (χ2n) is 7.45. The molecular formula is C22H31NO2. The molecule has 3 heteroatoms. The van der Waals surface area contributed by atoms with Crippen molar-refractivity contribution in [3.8, 4) is 0 Å². The lowest BCUT2D eigenvalue weighted by Gasteiger charge is -2.29. The number of benzene rings is 1. The van der Waals surface area contributed by atoms with Crippen LogP contribution in [0.3, 0.4) is 0 Å². The predicted octanol–water partition coefficient (Wildman–Crippen LogP) is 5.28. The molecule has 0 spiro atoms. The van der Waals surface area contributed by atoms with Gasteiger partial charge in [-0.25, -0.2) is 0 Å². The molecule has 2 rings (SSSR count). The van der Waals surface area contributed by atoms with Gasteiger partial charge in [0, 0.05) is 18.9 Å². The molecule has 136 valence electrons. The molecule has 1 aromatic heterocycles. The molecule has 0 radical (unpaired) electrons. The van der Waals surface area contributed by atoms with Crippen molar-refractivity contribution in [1.29, 1.82) is 0 Å². The third-order valence-electron chi connectivity index (χ3n) is 5.37. The Morgan fingerprint density at radius 1 is 1.16 bits per heavy atom. The Kier molecular flexibility index (Phi) is 6.86. The largest absolute Gasteiger partial charge is 0.469 e. The van der Waals surface area contributed by atoms with Crippen LogP contribution in [0.25, 0.3) is 0 Å². The number of carbonyl (C=O) groups is 1. The highest BCUT2D eigenvalue weighted by atomic mass is 16.3. The normalized spacial score (nSPS) is 14.9. The first kappa shape index (κ1) is 19.3. The van der Waals surface area contributed by atoms with Crippen LogP contribution >= 0.6 is 0 Å². The van der Waals surface area contributed by atoms with Gasteiger partial charge >= 0.3 is 0 Å². The van der Waals surface area contributed by atoms with Gasteiger partial charge in [0.15, 0.2) is 0 Å². The SMILES string of the molecule is CC[C@@](C)(CCNC(=O)C[C@H](c1ccco1)C(C)C)c1ccccc1. The van der Waals surface area contributed by atoms with Crippen molar-refractivity contribution in [3.05, 3.63) is 60.1 Å². The molecule has 0 aliphatic heterocycles. The third-order valence-corrected chi connectivity index (χ3v) is 5.37. The van der Waals surface area contributed by atoms with Gasteiger partial charge in [0.2, 0.25) is 5.91 Å². The van der Waals surface area contributed by atoms with E-state index >= 15 is 0 Å². The zero-order valence-corrected chi connectivity index (χ0v) is 15.9. The van der Waals surface area contributed by atoms with Crippen LogP contribution in [0.1, 0.15) is 64.2 Å². The summed E-state index contributed by atoms with van der Waals surface area (Å²) >= 11 is 0. The highest BCUT2D eigenvalue weighted by Crippen LogP contribution is 2.31. The van der Waals surface area contributed by atoms with Gasteiger partial charge in [-0.3, -0.25) is 4.79 Å². The minimum Gasteiger partial charge on any atom is -0.469 e. The first-order valence-corrected chi connectivity index (χ1v) is 9.32. The van der Waals surface area contributed by atoms with E-state index in [4.69, 9.17) is 4.42 Å². The van der Waals surface area contributed by atoms with Gasteiger partial charge < -0.3 is 9.73 Å². The Bertz CT molecular complexity index is 633. The van der Waals surface area contributed by atoms with Gasteiger partial charge in [0.05, 0.1) is 6.26 Å². The molecule has 0 aliphatic carbocycles. The fourth-order valence-corrected chi connectivity index (χ4v) is 3.28. The number of nitrogens with one attached hydrogen (secondary N) is 1. The smallest absolute Gasteiger partial charge is 0.220 e. The molecular weight excluding hydrogens is 310 g/mol. The van der Waals surface area contributed by atoms with E-state index < -0.39 is 0 Å². The maximum absolute atomic E-state index is 12.4. The van der Waals surface area contributed by atoms with Gasteiger partial charge in [-0.2, -0.15) is 0 Å². The predicted molar refractivity (Wildman–Crippen MR) is 103 cm³/mol. The average Bonchev–Trinajstić information content (AvgIpc) is 3.14. The number of hydrogen-bond donors (Lipinski definition) is 1. The van der Waals surface area contributed by atoms with Crippen molar-refractivity contribution in [2.75, 3.05) is 6.54 Å². The summed E-state index contributed by atoms with van der Waals surface area (Å²) in [7, 11) is 0. The second-order valence-corrected chi connectivity index (χ2v) is 7.45. The summed E-state index contributed by atoms with van der Waals surface area (Å²) in [4.78, 5) is 12.4. The Morgan fingerprint density at radius 3 is 2.44 bits per heavy atom. The van der Waals surface area contributed by atoms with E-state index in [1.165, 1.54) is 5.56 Å². The molecule has 0 bridgehead atoms. The van der Waals surface area contributed by atoms with Crippen molar-refractivity contribution >= 4 is 5.91 Å². The van der Waals surface area contributed by atoms with Crippen LogP contribution in [0.4, 0.5) is 0 Å². The van der Waals surface area contributed by atoms with Crippen molar-refractivity contribution in [1.82, 2.24) is 5.32 Å². The number of furan rings is 1. The van der Waals surface area contributed by atoms with Gasteiger partial charge in [-0.1, -0.05) is 58.0 Å². The molecule has 0 saturated carbocycles. The lowest BCUT2D eigenvalue weighted by atomic mass is 9.77. The van der Waals surface area contributed by atoms with Crippen LogP contribution in [-0.2, 0) is 10.2 Å². The fourth-order valence-electron chi connectivity index (χ4n) is 3.28. The number of hydrogen-bond acceptors (Lipinski definition) is 2. The van der Waals surface area contributed by atoms with Crippen molar-refractivity contribution in [2.24, 2.45) is 5.92 Å². The van der Waals surface area contributed by atoms with Crippen LogP contribution in [-0.4, -0.2) is 12.5 Å². The zero-order chi connectivity index (χ0) is 18.3. The van der Waals surface area contributed by atoms with E-state index in [0.29, 0.717) is 18.9 Å². The summed E-state index contributed by atoms with van der Waals surface area (Å²) < 4.78 is 5.51. The molecule has 0 fully saturated rings. The molecule has 0 unspecified atom stereocenters. The molecule has 0 saturated heterocycles. The van der Waals surface area contributed by atoms with Crippen LogP contribution < -0.4 is 5.32 Å². The lowest BCUT2D eigenvalue weighted by Crippen LogP contribution is -2.32. The van der Waals surface area contributed by atoms with Gasteiger partial charge in [-0.15, -0.1) is 0 Å². The van der Waals surface area contributed by atoms with Crippen LogP contribution in [0, 0.1) is 5.92 Å². The maximum Gasteiger partial charge on any atom is 0.220 e. The number of rotatable bonds is 9. The maximum atomic E-state index is 12.4. The van der Waals surface area contributed by atoms with Crippen molar-refractivity contribution in [3.63, 3.8) is 0 Å².